The van der Waals surface area contributed by atoms with Gasteiger partial charge in [-0.25, -0.2) is 0 Å². The highest BCUT2D eigenvalue weighted by molar-refractivity contribution is 8.18. The van der Waals surface area contributed by atoms with Crippen LogP contribution in [0.3, 0.4) is 0 Å². The predicted octanol–water partition coefficient (Wildman–Crippen LogP) is 3.47. The summed E-state index contributed by atoms with van der Waals surface area (Å²) in [5.74, 6) is 0.497. The number of nitrogens with zero attached hydrogens (tertiary/aromatic N) is 2. The molecule has 6 nitrogen and oxygen atoms in total. The fraction of sp³-hybridized carbons (Fsp3) is 0.450. The lowest BCUT2D eigenvalue weighted by Crippen LogP contribution is -2.33. The third-order valence-electron chi connectivity index (χ3n) is 4.84. The molecule has 1 aliphatic carbocycles. The van der Waals surface area contributed by atoms with E-state index >= 15 is 0 Å². The third kappa shape index (κ3) is 4.18. The fourth-order valence-corrected chi connectivity index (χ4v) is 4.10. The van der Waals surface area contributed by atoms with Crippen molar-refractivity contribution in [1.29, 1.82) is 0 Å². The first kappa shape index (κ1) is 18.1. The molecule has 2 aliphatic heterocycles. The van der Waals surface area contributed by atoms with Crippen LogP contribution in [0.15, 0.2) is 28.1 Å². The Morgan fingerprint density at radius 1 is 1.22 bits per heavy atom. The van der Waals surface area contributed by atoms with E-state index < -0.39 is 0 Å². The van der Waals surface area contributed by atoms with Gasteiger partial charge in [-0.05, 0) is 67.6 Å². The standard InChI is InChI=1S/C20H22N2O4S/c1-25-16-11-13(5-8-15(16)26-19(24)14-6-7-14)12-17-18(23)21-20(27-17)22-9-3-2-4-10-22/h5,8,11-12,14H,2-4,6-7,9-10H2,1H3/b17-12-. The lowest BCUT2D eigenvalue weighted by Gasteiger charge is -2.27. The van der Waals surface area contributed by atoms with E-state index in [1.165, 1.54) is 25.3 Å². The average Bonchev–Trinajstić information content (AvgIpc) is 3.48. The molecule has 2 heterocycles. The highest BCUT2D eigenvalue weighted by Crippen LogP contribution is 2.36. The second kappa shape index (κ2) is 7.76. The minimum Gasteiger partial charge on any atom is -0.493 e. The van der Waals surface area contributed by atoms with Crippen LogP contribution in [-0.2, 0) is 9.59 Å². The van der Waals surface area contributed by atoms with Crippen molar-refractivity contribution < 1.29 is 19.1 Å². The summed E-state index contributed by atoms with van der Waals surface area (Å²) < 4.78 is 10.8. The number of rotatable bonds is 4. The minimum absolute atomic E-state index is 0.0226. The fourth-order valence-electron chi connectivity index (χ4n) is 3.14. The summed E-state index contributed by atoms with van der Waals surface area (Å²) in [6.07, 6.45) is 7.12. The molecule has 0 spiro atoms. The van der Waals surface area contributed by atoms with Crippen LogP contribution in [0.1, 0.15) is 37.7 Å². The summed E-state index contributed by atoms with van der Waals surface area (Å²) in [4.78, 5) is 31.2. The molecule has 1 aromatic carbocycles. The number of carbonyl (C=O) groups excluding carboxylic acids is 2. The minimum atomic E-state index is -0.208. The van der Waals surface area contributed by atoms with Gasteiger partial charge in [0.1, 0.15) is 0 Å². The molecule has 0 aromatic heterocycles. The average molecular weight is 386 g/mol. The normalized spacial score (nSPS) is 21.4. The molecule has 1 saturated heterocycles. The predicted molar refractivity (Wildman–Crippen MR) is 105 cm³/mol. The van der Waals surface area contributed by atoms with Crippen molar-refractivity contribution in [2.24, 2.45) is 10.9 Å². The van der Waals surface area contributed by atoms with E-state index in [0.717, 1.165) is 49.5 Å². The van der Waals surface area contributed by atoms with Gasteiger partial charge < -0.3 is 14.4 Å². The molecule has 27 heavy (non-hydrogen) atoms. The van der Waals surface area contributed by atoms with Gasteiger partial charge in [-0.1, -0.05) is 6.07 Å². The molecule has 0 atom stereocenters. The quantitative estimate of drug-likeness (QED) is 0.448. The molecule has 0 N–H and O–H groups in total. The Labute approximate surface area is 162 Å². The summed E-state index contributed by atoms with van der Waals surface area (Å²) in [6, 6.07) is 5.30. The Morgan fingerprint density at radius 3 is 2.70 bits per heavy atom. The number of hydrogen-bond acceptors (Lipinski definition) is 6. The molecule has 3 aliphatic rings. The first-order valence-electron chi connectivity index (χ1n) is 9.31. The van der Waals surface area contributed by atoms with Gasteiger partial charge in [0.05, 0.1) is 17.9 Å². The Balaban J connectivity index is 1.48. The van der Waals surface area contributed by atoms with E-state index in [1.807, 2.05) is 12.1 Å². The number of ether oxygens (including phenoxy) is 2. The van der Waals surface area contributed by atoms with Crippen LogP contribution in [0.2, 0.25) is 0 Å². The Bertz CT molecular complexity index is 823. The molecule has 4 rings (SSSR count). The van der Waals surface area contributed by atoms with E-state index in [4.69, 9.17) is 9.47 Å². The van der Waals surface area contributed by atoms with Gasteiger partial charge in [0.2, 0.25) is 0 Å². The van der Waals surface area contributed by atoms with Crippen LogP contribution in [-0.4, -0.2) is 42.1 Å². The topological polar surface area (TPSA) is 68.2 Å². The SMILES string of the molecule is COc1cc(/C=C2\SC(N3CCCCC3)=NC2=O)ccc1OC(=O)C1CC1. The Hall–Kier alpha value is -2.28. The van der Waals surface area contributed by atoms with E-state index in [1.54, 1.807) is 12.1 Å². The van der Waals surface area contributed by atoms with Gasteiger partial charge in [-0.2, -0.15) is 4.99 Å². The number of methoxy groups -OCH3 is 1. The lowest BCUT2D eigenvalue weighted by molar-refractivity contribution is -0.135. The summed E-state index contributed by atoms with van der Waals surface area (Å²) >= 11 is 1.42. The lowest BCUT2D eigenvalue weighted by atomic mass is 10.1. The van der Waals surface area contributed by atoms with Crippen molar-refractivity contribution in [2.75, 3.05) is 20.2 Å². The van der Waals surface area contributed by atoms with Crippen molar-refractivity contribution in [1.82, 2.24) is 4.90 Å². The second-order valence-corrected chi connectivity index (χ2v) is 7.97. The first-order valence-corrected chi connectivity index (χ1v) is 10.1. The number of aliphatic imine (C=N–C) groups is 1. The van der Waals surface area contributed by atoms with Crippen molar-refractivity contribution in [3.8, 4) is 11.5 Å². The van der Waals surface area contributed by atoms with E-state index in [9.17, 15) is 9.59 Å². The molecule has 2 fully saturated rings. The summed E-state index contributed by atoms with van der Waals surface area (Å²) in [5, 5.41) is 0.799. The number of amidine groups is 1. The van der Waals surface area contributed by atoms with Crippen LogP contribution in [0.25, 0.3) is 6.08 Å². The summed E-state index contributed by atoms with van der Waals surface area (Å²) in [7, 11) is 1.54. The van der Waals surface area contributed by atoms with Gasteiger partial charge >= 0.3 is 5.97 Å². The van der Waals surface area contributed by atoms with Gasteiger partial charge in [0.15, 0.2) is 16.7 Å². The highest BCUT2D eigenvalue weighted by atomic mass is 32.2. The summed E-state index contributed by atoms with van der Waals surface area (Å²) in [6.45, 7) is 1.92. The Morgan fingerprint density at radius 2 is 2.00 bits per heavy atom. The van der Waals surface area contributed by atoms with Crippen LogP contribution in [0.4, 0.5) is 0 Å². The molecule has 142 valence electrons. The smallest absolute Gasteiger partial charge is 0.314 e. The second-order valence-electron chi connectivity index (χ2n) is 6.96. The first-order chi connectivity index (χ1) is 13.1. The van der Waals surface area contributed by atoms with Crippen LogP contribution < -0.4 is 9.47 Å². The maximum atomic E-state index is 12.3. The number of carbonyl (C=O) groups is 2. The number of hydrogen-bond donors (Lipinski definition) is 0. The van der Waals surface area contributed by atoms with E-state index in [0.29, 0.717) is 16.4 Å². The van der Waals surface area contributed by atoms with E-state index in [-0.39, 0.29) is 17.8 Å². The monoisotopic (exact) mass is 386 g/mol. The maximum absolute atomic E-state index is 12.3. The van der Waals surface area contributed by atoms with Gasteiger partial charge in [0.25, 0.3) is 5.91 Å². The molecule has 1 amide bonds. The summed E-state index contributed by atoms with van der Waals surface area (Å²) in [5.41, 5.74) is 0.809. The third-order valence-corrected chi connectivity index (χ3v) is 5.89. The van der Waals surface area contributed by atoms with Crippen molar-refractivity contribution in [3.63, 3.8) is 0 Å². The zero-order valence-corrected chi connectivity index (χ0v) is 16.1. The number of piperidine rings is 1. The molecular formula is C20H22N2O4S. The van der Waals surface area contributed by atoms with Crippen LogP contribution in [0, 0.1) is 5.92 Å². The Kier molecular flexibility index (Phi) is 5.20. The molecule has 1 aromatic rings. The van der Waals surface area contributed by atoms with Gasteiger partial charge in [-0.3, -0.25) is 9.59 Å². The molecular weight excluding hydrogens is 364 g/mol. The van der Waals surface area contributed by atoms with Crippen molar-refractivity contribution in [3.05, 3.63) is 28.7 Å². The number of amides is 1. The van der Waals surface area contributed by atoms with Crippen LogP contribution >= 0.6 is 11.8 Å². The van der Waals surface area contributed by atoms with E-state index in [2.05, 4.69) is 9.89 Å². The zero-order chi connectivity index (χ0) is 18.8. The van der Waals surface area contributed by atoms with Crippen molar-refractivity contribution >= 4 is 34.9 Å². The number of benzene rings is 1. The molecule has 7 heteroatoms. The van der Waals surface area contributed by atoms with Crippen molar-refractivity contribution in [2.45, 2.75) is 32.1 Å². The zero-order valence-electron chi connectivity index (χ0n) is 15.3. The van der Waals surface area contributed by atoms with Gasteiger partial charge in [-0.15, -0.1) is 0 Å². The molecule has 1 saturated carbocycles. The number of thioether (sulfide) groups is 1. The molecule has 0 unspecified atom stereocenters. The van der Waals surface area contributed by atoms with Crippen LogP contribution in [0.5, 0.6) is 11.5 Å². The largest absolute Gasteiger partial charge is 0.493 e. The molecule has 0 radical (unpaired) electrons. The highest BCUT2D eigenvalue weighted by Gasteiger charge is 2.32. The maximum Gasteiger partial charge on any atom is 0.314 e. The van der Waals surface area contributed by atoms with Gasteiger partial charge in [0, 0.05) is 13.1 Å². The number of likely N-dealkylation sites (tertiary alicyclic amines) is 1. The number of esters is 1. The molecule has 0 bridgehead atoms.